The van der Waals surface area contributed by atoms with Crippen LogP contribution in [0.5, 0.6) is 0 Å². The fraction of sp³-hybridized carbons (Fsp3) is 0.0455. The van der Waals surface area contributed by atoms with Crippen molar-refractivity contribution in [2.24, 2.45) is 0 Å². The maximum atomic E-state index is 12.9. The highest BCUT2D eigenvalue weighted by atomic mass is 35.5. The van der Waals surface area contributed by atoms with Gasteiger partial charge in [0.15, 0.2) is 5.69 Å². The van der Waals surface area contributed by atoms with E-state index in [1.807, 2.05) is 36.4 Å². The number of rotatable bonds is 4. The summed E-state index contributed by atoms with van der Waals surface area (Å²) in [5.41, 5.74) is 3.76. The molecule has 3 heterocycles. The molecule has 152 valence electrons. The first-order valence-corrected chi connectivity index (χ1v) is 9.87. The van der Waals surface area contributed by atoms with Crippen LogP contribution in [0.4, 0.5) is 5.69 Å². The number of carbonyl (C=O) groups is 1. The molecule has 5 aromatic rings. The van der Waals surface area contributed by atoms with Gasteiger partial charge >= 0.3 is 0 Å². The van der Waals surface area contributed by atoms with Crippen molar-refractivity contribution in [3.05, 3.63) is 89.6 Å². The molecule has 3 aromatic heterocycles. The summed E-state index contributed by atoms with van der Waals surface area (Å²) in [6.45, 7) is 1.80. The molecule has 1 amide bonds. The van der Waals surface area contributed by atoms with Gasteiger partial charge in [-0.1, -0.05) is 22.9 Å². The number of aromatic nitrogens is 6. The number of nitrogens with one attached hydrogen (secondary N) is 1. The Labute approximate surface area is 182 Å². The van der Waals surface area contributed by atoms with Crippen molar-refractivity contribution in [3.63, 3.8) is 0 Å². The molecular weight excluding hydrogens is 414 g/mol. The summed E-state index contributed by atoms with van der Waals surface area (Å²) >= 11 is 6.37. The monoisotopic (exact) mass is 429 g/mol. The highest BCUT2D eigenvalue weighted by molar-refractivity contribution is 6.32. The van der Waals surface area contributed by atoms with E-state index >= 15 is 0 Å². The summed E-state index contributed by atoms with van der Waals surface area (Å²) in [5.74, 6) is -0.370. The molecular formula is C22H16ClN7O. The SMILES string of the molecule is Cc1c(C(=O)Nc2ccc(-n3cccn3)c(Cl)c2)nnn1-c1cccc2ncccc12. The summed E-state index contributed by atoms with van der Waals surface area (Å²) in [6.07, 6.45) is 5.20. The first-order valence-electron chi connectivity index (χ1n) is 9.49. The summed E-state index contributed by atoms with van der Waals surface area (Å²) in [4.78, 5) is 17.2. The number of fused-ring (bicyclic) bond motifs is 1. The maximum Gasteiger partial charge on any atom is 0.278 e. The third-order valence-corrected chi connectivity index (χ3v) is 5.22. The molecule has 0 unspecified atom stereocenters. The maximum absolute atomic E-state index is 12.9. The van der Waals surface area contributed by atoms with E-state index in [9.17, 15) is 4.79 Å². The van der Waals surface area contributed by atoms with Crippen molar-refractivity contribution in [3.8, 4) is 11.4 Å². The molecule has 0 saturated carbocycles. The minimum absolute atomic E-state index is 0.230. The van der Waals surface area contributed by atoms with Gasteiger partial charge in [0, 0.05) is 29.7 Å². The zero-order valence-corrected chi connectivity index (χ0v) is 17.2. The molecule has 0 fully saturated rings. The number of hydrogen-bond donors (Lipinski definition) is 1. The standard InChI is InChI=1S/C22H16ClN7O/c1-14-21(27-28-30(14)19-7-2-6-18-16(19)5-3-10-24-18)22(31)26-15-8-9-20(17(23)13-15)29-12-4-11-25-29/h2-13H,1H3,(H,26,31). The molecule has 0 radical (unpaired) electrons. The summed E-state index contributed by atoms with van der Waals surface area (Å²) in [7, 11) is 0. The van der Waals surface area contributed by atoms with Crippen molar-refractivity contribution in [1.29, 1.82) is 0 Å². The Bertz CT molecular complexity index is 1400. The Kier molecular flexibility index (Phi) is 4.68. The lowest BCUT2D eigenvalue weighted by Crippen LogP contribution is -2.14. The van der Waals surface area contributed by atoms with Crippen molar-refractivity contribution < 1.29 is 4.79 Å². The fourth-order valence-electron chi connectivity index (χ4n) is 3.41. The van der Waals surface area contributed by atoms with Crippen LogP contribution in [0.1, 0.15) is 16.2 Å². The second kappa shape index (κ2) is 7.66. The molecule has 0 saturated heterocycles. The van der Waals surface area contributed by atoms with E-state index in [-0.39, 0.29) is 11.6 Å². The van der Waals surface area contributed by atoms with Gasteiger partial charge in [-0.05, 0) is 55.5 Å². The normalized spacial score (nSPS) is 11.0. The molecule has 2 aromatic carbocycles. The molecule has 5 rings (SSSR count). The van der Waals surface area contributed by atoms with Gasteiger partial charge in [0.05, 0.1) is 27.6 Å². The largest absolute Gasteiger partial charge is 0.320 e. The second-order valence-electron chi connectivity index (χ2n) is 6.85. The molecule has 9 heteroatoms. The van der Waals surface area contributed by atoms with Crippen molar-refractivity contribution in [2.75, 3.05) is 5.32 Å². The van der Waals surface area contributed by atoms with Gasteiger partial charge < -0.3 is 5.32 Å². The van der Waals surface area contributed by atoms with Crippen LogP contribution in [-0.4, -0.2) is 35.7 Å². The quantitative estimate of drug-likeness (QED) is 0.462. The zero-order valence-electron chi connectivity index (χ0n) is 16.4. The molecule has 0 aliphatic rings. The second-order valence-corrected chi connectivity index (χ2v) is 7.26. The lowest BCUT2D eigenvalue weighted by molar-refractivity contribution is 0.102. The van der Waals surface area contributed by atoms with Crippen LogP contribution >= 0.6 is 11.6 Å². The van der Waals surface area contributed by atoms with Crippen molar-refractivity contribution >= 4 is 34.1 Å². The molecule has 31 heavy (non-hydrogen) atoms. The summed E-state index contributed by atoms with van der Waals surface area (Å²) in [6, 6.07) is 16.6. The van der Waals surface area contributed by atoms with E-state index < -0.39 is 0 Å². The average molecular weight is 430 g/mol. The Morgan fingerprint density at radius 1 is 1.03 bits per heavy atom. The number of pyridine rings is 1. The van der Waals surface area contributed by atoms with Crippen LogP contribution in [0.2, 0.25) is 5.02 Å². The lowest BCUT2D eigenvalue weighted by Gasteiger charge is -2.09. The topological polar surface area (TPSA) is 90.5 Å². The lowest BCUT2D eigenvalue weighted by atomic mass is 10.2. The third kappa shape index (κ3) is 3.43. The first-order chi connectivity index (χ1) is 15.1. The number of benzene rings is 2. The van der Waals surface area contributed by atoms with E-state index in [1.165, 1.54) is 0 Å². The molecule has 8 nitrogen and oxygen atoms in total. The number of amides is 1. The molecule has 0 atom stereocenters. The van der Waals surface area contributed by atoms with E-state index in [0.717, 1.165) is 22.3 Å². The Morgan fingerprint density at radius 3 is 2.74 bits per heavy atom. The fourth-order valence-corrected chi connectivity index (χ4v) is 3.68. The van der Waals surface area contributed by atoms with Gasteiger partial charge in [0.1, 0.15) is 0 Å². The smallest absolute Gasteiger partial charge is 0.278 e. The van der Waals surface area contributed by atoms with E-state index in [0.29, 0.717) is 16.4 Å². The highest BCUT2D eigenvalue weighted by Gasteiger charge is 2.19. The van der Waals surface area contributed by atoms with E-state index in [4.69, 9.17) is 11.6 Å². The average Bonchev–Trinajstić information content (AvgIpc) is 3.43. The van der Waals surface area contributed by atoms with Crippen LogP contribution in [-0.2, 0) is 0 Å². The third-order valence-electron chi connectivity index (χ3n) is 4.92. The van der Waals surface area contributed by atoms with Gasteiger partial charge in [-0.25, -0.2) is 9.36 Å². The number of halogens is 1. The van der Waals surface area contributed by atoms with Crippen LogP contribution in [0.15, 0.2) is 73.2 Å². The molecule has 0 aliphatic heterocycles. The molecule has 1 N–H and O–H groups in total. The van der Waals surface area contributed by atoms with Crippen LogP contribution in [0, 0.1) is 6.92 Å². The van der Waals surface area contributed by atoms with E-state index in [2.05, 4.69) is 25.7 Å². The number of hydrogen-bond acceptors (Lipinski definition) is 5. The highest BCUT2D eigenvalue weighted by Crippen LogP contribution is 2.25. The van der Waals surface area contributed by atoms with Crippen LogP contribution < -0.4 is 5.32 Å². The van der Waals surface area contributed by atoms with Gasteiger partial charge in [0.2, 0.25) is 0 Å². The van der Waals surface area contributed by atoms with Crippen LogP contribution in [0.3, 0.4) is 0 Å². The van der Waals surface area contributed by atoms with Gasteiger partial charge in [0.25, 0.3) is 5.91 Å². The number of carbonyl (C=O) groups excluding carboxylic acids is 1. The predicted molar refractivity (Wildman–Crippen MR) is 118 cm³/mol. The van der Waals surface area contributed by atoms with Gasteiger partial charge in [-0.2, -0.15) is 5.10 Å². The molecule has 0 aliphatic carbocycles. The Hall–Kier alpha value is -4.04. The Morgan fingerprint density at radius 2 is 1.94 bits per heavy atom. The Balaban J connectivity index is 1.44. The van der Waals surface area contributed by atoms with E-state index in [1.54, 1.807) is 53.1 Å². The molecule has 0 bridgehead atoms. The van der Waals surface area contributed by atoms with Crippen LogP contribution in [0.25, 0.3) is 22.3 Å². The zero-order chi connectivity index (χ0) is 21.4. The number of nitrogens with zero attached hydrogens (tertiary/aromatic N) is 6. The van der Waals surface area contributed by atoms with Crippen molar-refractivity contribution in [1.82, 2.24) is 29.8 Å². The van der Waals surface area contributed by atoms with Gasteiger partial charge in [-0.15, -0.1) is 5.10 Å². The molecule has 0 spiro atoms. The minimum Gasteiger partial charge on any atom is -0.320 e. The predicted octanol–water partition coefficient (Wildman–Crippen LogP) is 4.22. The van der Waals surface area contributed by atoms with Crippen molar-refractivity contribution in [2.45, 2.75) is 6.92 Å². The minimum atomic E-state index is -0.370. The number of anilines is 1. The summed E-state index contributed by atoms with van der Waals surface area (Å²) in [5, 5.41) is 16.7. The van der Waals surface area contributed by atoms with Gasteiger partial charge in [-0.3, -0.25) is 9.78 Å². The first kappa shape index (κ1) is 19.0. The summed E-state index contributed by atoms with van der Waals surface area (Å²) < 4.78 is 3.30.